The smallest absolute Gasteiger partial charge is 0.163 e. The Labute approximate surface area is 71.6 Å². The van der Waals surface area contributed by atoms with Crippen molar-refractivity contribution in [3.63, 3.8) is 0 Å². The predicted octanol–water partition coefficient (Wildman–Crippen LogP) is 1.99. The van der Waals surface area contributed by atoms with E-state index in [1.165, 1.54) is 0 Å². The van der Waals surface area contributed by atoms with Gasteiger partial charge in [0.05, 0.1) is 0 Å². The maximum atomic E-state index is 11.5. The molecule has 0 fully saturated rings. The van der Waals surface area contributed by atoms with Crippen molar-refractivity contribution < 1.29 is 4.79 Å². The molecule has 0 radical (unpaired) electrons. The number of aromatic nitrogens is 1. The number of carbonyl (C=O) groups excluding carboxylic acids is 1. The van der Waals surface area contributed by atoms with Gasteiger partial charge in [0.25, 0.3) is 0 Å². The average Bonchev–Trinajstić information content (AvgIpc) is 2.29. The van der Waals surface area contributed by atoms with E-state index in [0.29, 0.717) is 6.42 Å². The van der Waals surface area contributed by atoms with Crippen molar-refractivity contribution >= 4 is 5.78 Å². The predicted molar refractivity (Wildman–Crippen MR) is 46.1 cm³/mol. The van der Waals surface area contributed by atoms with Crippen LogP contribution in [-0.2, 0) is 6.42 Å². The Kier molecular flexibility index (Phi) is 1.90. The van der Waals surface area contributed by atoms with Gasteiger partial charge in [-0.15, -0.1) is 0 Å². The van der Waals surface area contributed by atoms with Gasteiger partial charge in [0.15, 0.2) is 5.78 Å². The zero-order chi connectivity index (χ0) is 8.39. The highest BCUT2D eigenvalue weighted by atomic mass is 16.1. The van der Waals surface area contributed by atoms with Crippen molar-refractivity contribution in [2.24, 2.45) is 0 Å². The van der Waals surface area contributed by atoms with Crippen molar-refractivity contribution in [2.75, 3.05) is 0 Å². The minimum Gasteiger partial charge on any atom is -0.294 e. The minimum absolute atomic E-state index is 0.282. The van der Waals surface area contributed by atoms with Crippen LogP contribution in [0.4, 0.5) is 0 Å². The molecular formula is C10H11NO. The van der Waals surface area contributed by atoms with Gasteiger partial charge in [0.1, 0.15) is 0 Å². The molecule has 1 aliphatic rings. The van der Waals surface area contributed by atoms with Crippen LogP contribution in [0.5, 0.6) is 0 Å². The lowest BCUT2D eigenvalue weighted by Gasteiger charge is -2.00. The third-order valence-electron chi connectivity index (χ3n) is 2.30. The lowest BCUT2D eigenvalue weighted by atomic mass is 10.1. The summed E-state index contributed by atoms with van der Waals surface area (Å²) in [5, 5.41) is 0. The molecule has 2 nitrogen and oxygen atoms in total. The molecule has 1 heterocycles. The SMILES string of the molecule is O=C1CCCCc2cnccc21. The molecule has 0 spiro atoms. The first-order valence-electron chi connectivity index (χ1n) is 4.34. The Morgan fingerprint density at radius 1 is 1.25 bits per heavy atom. The topological polar surface area (TPSA) is 30.0 Å². The number of hydrogen-bond acceptors (Lipinski definition) is 2. The van der Waals surface area contributed by atoms with Gasteiger partial charge in [-0.1, -0.05) is 0 Å². The molecule has 2 rings (SSSR count). The summed E-state index contributed by atoms with van der Waals surface area (Å²) >= 11 is 0. The Hall–Kier alpha value is -1.18. The van der Waals surface area contributed by atoms with E-state index in [1.807, 2.05) is 12.3 Å². The lowest BCUT2D eigenvalue weighted by Crippen LogP contribution is -1.99. The van der Waals surface area contributed by atoms with Crippen LogP contribution in [0.2, 0.25) is 0 Å². The fourth-order valence-corrected chi connectivity index (χ4v) is 1.63. The fourth-order valence-electron chi connectivity index (χ4n) is 1.63. The summed E-state index contributed by atoms with van der Waals surface area (Å²) in [5.41, 5.74) is 2.02. The van der Waals surface area contributed by atoms with Crippen LogP contribution in [0, 0.1) is 0 Å². The van der Waals surface area contributed by atoms with E-state index >= 15 is 0 Å². The monoisotopic (exact) mass is 161 g/mol. The second-order valence-corrected chi connectivity index (χ2v) is 3.16. The summed E-state index contributed by atoms with van der Waals surface area (Å²) in [7, 11) is 0. The molecule has 0 aliphatic heterocycles. The van der Waals surface area contributed by atoms with Gasteiger partial charge in [-0.05, 0) is 30.9 Å². The van der Waals surface area contributed by atoms with E-state index in [2.05, 4.69) is 4.98 Å². The molecule has 0 bridgehead atoms. The van der Waals surface area contributed by atoms with E-state index < -0.39 is 0 Å². The first-order chi connectivity index (χ1) is 5.88. The summed E-state index contributed by atoms with van der Waals surface area (Å²) in [6.45, 7) is 0. The molecule has 12 heavy (non-hydrogen) atoms. The number of pyridine rings is 1. The van der Waals surface area contributed by atoms with Gasteiger partial charge in [-0.2, -0.15) is 0 Å². The average molecular weight is 161 g/mol. The van der Waals surface area contributed by atoms with Gasteiger partial charge in [0, 0.05) is 24.4 Å². The number of aryl methyl sites for hydroxylation is 1. The molecule has 0 N–H and O–H groups in total. The molecule has 1 aromatic rings. The number of Topliss-reactive ketones (excluding diaryl/α,β-unsaturated/α-hetero) is 1. The zero-order valence-electron chi connectivity index (χ0n) is 6.92. The number of nitrogens with zero attached hydrogens (tertiary/aromatic N) is 1. The number of rotatable bonds is 0. The molecular weight excluding hydrogens is 150 g/mol. The van der Waals surface area contributed by atoms with E-state index in [0.717, 1.165) is 30.4 Å². The van der Waals surface area contributed by atoms with Gasteiger partial charge >= 0.3 is 0 Å². The Balaban J connectivity index is 2.46. The Morgan fingerprint density at radius 2 is 2.08 bits per heavy atom. The molecule has 2 heteroatoms. The molecule has 0 aromatic carbocycles. The number of carbonyl (C=O) groups is 1. The van der Waals surface area contributed by atoms with Crippen molar-refractivity contribution in [2.45, 2.75) is 25.7 Å². The standard InChI is InChI=1S/C10H11NO/c12-10-4-2-1-3-8-7-11-6-5-9(8)10/h5-7H,1-4H2. The van der Waals surface area contributed by atoms with Crippen molar-refractivity contribution in [3.05, 3.63) is 29.6 Å². The van der Waals surface area contributed by atoms with Crippen molar-refractivity contribution in [1.82, 2.24) is 4.98 Å². The second kappa shape index (κ2) is 3.05. The van der Waals surface area contributed by atoms with Crippen LogP contribution in [0.25, 0.3) is 0 Å². The third-order valence-corrected chi connectivity index (χ3v) is 2.30. The van der Waals surface area contributed by atoms with Crippen LogP contribution in [0.1, 0.15) is 35.2 Å². The molecule has 0 saturated heterocycles. The highest BCUT2D eigenvalue weighted by molar-refractivity contribution is 5.97. The minimum atomic E-state index is 0.282. The lowest BCUT2D eigenvalue weighted by molar-refractivity contribution is 0.0982. The number of fused-ring (bicyclic) bond motifs is 1. The fraction of sp³-hybridized carbons (Fsp3) is 0.400. The first kappa shape index (κ1) is 7.47. The molecule has 1 aromatic heterocycles. The van der Waals surface area contributed by atoms with E-state index in [4.69, 9.17) is 0 Å². The van der Waals surface area contributed by atoms with Crippen molar-refractivity contribution in [3.8, 4) is 0 Å². The van der Waals surface area contributed by atoms with E-state index in [-0.39, 0.29) is 5.78 Å². The van der Waals surface area contributed by atoms with E-state index in [1.54, 1.807) is 6.20 Å². The highest BCUT2D eigenvalue weighted by Gasteiger charge is 2.14. The summed E-state index contributed by atoms with van der Waals surface area (Å²) in [6.07, 6.45) is 7.37. The van der Waals surface area contributed by atoms with Gasteiger partial charge in [-0.3, -0.25) is 9.78 Å². The molecule has 0 amide bonds. The number of hydrogen-bond donors (Lipinski definition) is 0. The first-order valence-corrected chi connectivity index (χ1v) is 4.34. The molecule has 62 valence electrons. The van der Waals surface area contributed by atoms with E-state index in [9.17, 15) is 4.79 Å². The largest absolute Gasteiger partial charge is 0.294 e. The van der Waals surface area contributed by atoms with Crippen LogP contribution in [0.15, 0.2) is 18.5 Å². The second-order valence-electron chi connectivity index (χ2n) is 3.16. The normalized spacial score (nSPS) is 16.8. The van der Waals surface area contributed by atoms with Gasteiger partial charge < -0.3 is 0 Å². The molecule has 0 atom stereocenters. The molecule has 1 aliphatic carbocycles. The zero-order valence-corrected chi connectivity index (χ0v) is 6.92. The summed E-state index contributed by atoms with van der Waals surface area (Å²) in [4.78, 5) is 15.5. The quantitative estimate of drug-likeness (QED) is 0.545. The molecule has 0 saturated carbocycles. The summed E-state index contributed by atoms with van der Waals surface area (Å²) < 4.78 is 0. The summed E-state index contributed by atoms with van der Waals surface area (Å²) in [5.74, 6) is 0.282. The van der Waals surface area contributed by atoms with Gasteiger partial charge in [0.2, 0.25) is 0 Å². The summed E-state index contributed by atoms with van der Waals surface area (Å²) in [6, 6.07) is 1.84. The maximum Gasteiger partial charge on any atom is 0.163 e. The molecule has 0 unspecified atom stereocenters. The van der Waals surface area contributed by atoms with Crippen LogP contribution < -0.4 is 0 Å². The van der Waals surface area contributed by atoms with Crippen LogP contribution in [-0.4, -0.2) is 10.8 Å². The van der Waals surface area contributed by atoms with Gasteiger partial charge in [-0.25, -0.2) is 0 Å². The van der Waals surface area contributed by atoms with Crippen LogP contribution in [0.3, 0.4) is 0 Å². The van der Waals surface area contributed by atoms with Crippen molar-refractivity contribution in [1.29, 1.82) is 0 Å². The number of ketones is 1. The Bertz CT molecular complexity index is 306. The maximum absolute atomic E-state index is 11.5. The third kappa shape index (κ3) is 1.24. The van der Waals surface area contributed by atoms with Crippen LogP contribution >= 0.6 is 0 Å². The Morgan fingerprint density at radius 3 is 3.00 bits per heavy atom. The highest BCUT2D eigenvalue weighted by Crippen LogP contribution is 2.18.